The Morgan fingerprint density at radius 3 is 1.74 bits per heavy atom. The second-order valence-electron chi connectivity index (χ2n) is 13.9. The van der Waals surface area contributed by atoms with Crippen LogP contribution in [0.1, 0.15) is 117 Å². The van der Waals surface area contributed by atoms with Crippen LogP contribution in [-0.2, 0) is 28.6 Å². The number of esters is 2. The zero-order valence-corrected chi connectivity index (χ0v) is 33.7. The first kappa shape index (κ1) is 49.2. The highest BCUT2D eigenvalue weighted by molar-refractivity contribution is 5.72. The second-order valence-corrected chi connectivity index (χ2v) is 13.9. The minimum Gasteiger partial charge on any atom is -0.477 e. The van der Waals surface area contributed by atoms with Crippen LogP contribution in [0.3, 0.4) is 0 Å². The molecule has 0 fully saturated rings. The molecule has 2 unspecified atom stereocenters. The summed E-state index contributed by atoms with van der Waals surface area (Å²) in [5.41, 5.74) is 0. The Hall–Kier alpha value is -3.75. The minimum atomic E-state index is -0.893. The van der Waals surface area contributed by atoms with Crippen LogP contribution in [-0.4, -0.2) is 80.6 Å². The average Bonchev–Trinajstić information content (AvgIpc) is 3.11. The van der Waals surface area contributed by atoms with E-state index in [4.69, 9.17) is 14.2 Å². The zero-order chi connectivity index (χ0) is 39.3. The van der Waals surface area contributed by atoms with Gasteiger partial charge in [0, 0.05) is 19.3 Å². The fraction of sp³-hybridized carbons (Fsp3) is 0.578. The quantitative estimate of drug-likeness (QED) is 0.0235. The lowest BCUT2D eigenvalue weighted by Gasteiger charge is -2.31. The molecule has 0 aromatic rings. The molecule has 298 valence electrons. The summed E-state index contributed by atoms with van der Waals surface area (Å²) < 4.78 is 17.1. The van der Waals surface area contributed by atoms with Crippen LogP contribution in [0.4, 0.5) is 0 Å². The number of nitrogens with zero attached hydrogens (tertiary/aromatic N) is 1. The van der Waals surface area contributed by atoms with Gasteiger partial charge >= 0.3 is 17.9 Å². The summed E-state index contributed by atoms with van der Waals surface area (Å²) >= 11 is 0. The lowest BCUT2D eigenvalue weighted by molar-refractivity contribution is -0.887. The molecule has 0 aromatic carbocycles. The van der Waals surface area contributed by atoms with Crippen LogP contribution in [0, 0.1) is 0 Å². The number of rotatable bonds is 33. The highest BCUT2D eigenvalue weighted by atomic mass is 16.6. The summed E-state index contributed by atoms with van der Waals surface area (Å²) in [4.78, 5) is 36.8. The Labute approximate surface area is 322 Å². The number of hydrogen-bond donors (Lipinski definition) is 1. The third-order valence-electron chi connectivity index (χ3n) is 8.11. The molecular weight excluding hydrogens is 666 g/mol. The number of aliphatic carboxylic acids is 1. The largest absolute Gasteiger partial charge is 0.477 e. The molecule has 0 spiro atoms. The van der Waals surface area contributed by atoms with Gasteiger partial charge in [-0.3, -0.25) is 9.59 Å². The van der Waals surface area contributed by atoms with Crippen molar-refractivity contribution < 1.29 is 38.2 Å². The highest BCUT2D eigenvalue weighted by Gasteiger charge is 2.31. The van der Waals surface area contributed by atoms with E-state index in [9.17, 15) is 19.5 Å². The predicted molar refractivity (Wildman–Crippen MR) is 219 cm³/mol. The fourth-order valence-corrected chi connectivity index (χ4v) is 5.07. The molecule has 2 atom stereocenters. The van der Waals surface area contributed by atoms with Gasteiger partial charge in [-0.2, -0.15) is 0 Å². The first-order chi connectivity index (χ1) is 25.6. The Kier molecular flexibility index (Phi) is 32.8. The number of allylic oxidation sites excluding steroid dienone is 16. The van der Waals surface area contributed by atoms with Gasteiger partial charge in [0.05, 0.1) is 34.4 Å². The summed E-state index contributed by atoms with van der Waals surface area (Å²) in [5.74, 6) is -1.60. The number of ether oxygens (including phenoxy) is 3. The summed E-state index contributed by atoms with van der Waals surface area (Å²) in [5, 5.41) is 9.59. The lowest BCUT2D eigenvalue weighted by atomic mass is 10.1. The summed E-state index contributed by atoms with van der Waals surface area (Å²) in [7, 11) is 5.48. The number of carbonyl (C=O) groups excluding carboxylic acids is 2. The highest BCUT2D eigenvalue weighted by Crippen LogP contribution is 2.12. The molecule has 0 radical (unpaired) electrons. The Morgan fingerprint density at radius 1 is 0.585 bits per heavy atom. The van der Waals surface area contributed by atoms with E-state index in [0.717, 1.165) is 64.2 Å². The first-order valence-electron chi connectivity index (χ1n) is 19.8. The second kappa shape index (κ2) is 35.3. The molecule has 0 heterocycles. The molecule has 0 bridgehead atoms. The van der Waals surface area contributed by atoms with Crippen molar-refractivity contribution in [3.05, 3.63) is 97.2 Å². The van der Waals surface area contributed by atoms with Crippen LogP contribution in [0.25, 0.3) is 0 Å². The number of unbranched alkanes of at least 4 members (excludes halogenated alkanes) is 7. The minimum absolute atomic E-state index is 0.0261. The van der Waals surface area contributed by atoms with Crippen LogP contribution in [0.15, 0.2) is 97.2 Å². The van der Waals surface area contributed by atoms with E-state index in [1.54, 1.807) is 0 Å². The van der Waals surface area contributed by atoms with Gasteiger partial charge in [-0.15, -0.1) is 0 Å². The van der Waals surface area contributed by atoms with Gasteiger partial charge in [0.25, 0.3) is 0 Å². The molecule has 0 rings (SSSR count). The summed E-state index contributed by atoms with van der Waals surface area (Å²) in [6, 6.07) is -0.633. The monoisotopic (exact) mass is 739 g/mol. The van der Waals surface area contributed by atoms with Gasteiger partial charge in [-0.1, -0.05) is 137 Å². The van der Waals surface area contributed by atoms with Crippen molar-refractivity contribution in [1.82, 2.24) is 0 Å². The zero-order valence-electron chi connectivity index (χ0n) is 33.7. The number of carbonyl (C=O) groups is 3. The molecule has 0 amide bonds. The lowest BCUT2D eigenvalue weighted by Crippen LogP contribution is -2.50. The summed E-state index contributed by atoms with van der Waals surface area (Å²) in [6.07, 6.45) is 46.0. The van der Waals surface area contributed by atoms with E-state index in [1.165, 1.54) is 12.8 Å². The van der Waals surface area contributed by atoms with Gasteiger partial charge in [-0.25, -0.2) is 4.79 Å². The van der Waals surface area contributed by atoms with Crippen LogP contribution in [0.5, 0.6) is 0 Å². The van der Waals surface area contributed by atoms with E-state index in [0.29, 0.717) is 19.3 Å². The normalized spacial score (nSPS) is 14.1. The molecule has 0 aromatic heterocycles. The molecule has 0 saturated heterocycles. The van der Waals surface area contributed by atoms with E-state index >= 15 is 0 Å². The molecule has 0 saturated carbocycles. The first-order valence-corrected chi connectivity index (χ1v) is 19.8. The average molecular weight is 739 g/mol. The van der Waals surface area contributed by atoms with Crippen molar-refractivity contribution in [3.63, 3.8) is 0 Å². The van der Waals surface area contributed by atoms with Crippen molar-refractivity contribution in [2.75, 3.05) is 41.0 Å². The Balaban J connectivity index is 4.55. The van der Waals surface area contributed by atoms with E-state index in [1.807, 2.05) is 75.8 Å². The van der Waals surface area contributed by atoms with Crippen molar-refractivity contribution in [3.8, 4) is 0 Å². The Morgan fingerprint density at radius 2 is 1.11 bits per heavy atom. The number of carboxylic acid groups (broad SMARTS) is 1. The molecule has 53 heavy (non-hydrogen) atoms. The number of likely N-dealkylation sites (N-methyl/N-ethyl adjacent to an activating group) is 1. The van der Waals surface area contributed by atoms with Crippen molar-refractivity contribution >= 4 is 17.9 Å². The van der Waals surface area contributed by atoms with Crippen LogP contribution in [0.2, 0.25) is 0 Å². The third kappa shape index (κ3) is 33.8. The predicted octanol–water partition coefficient (Wildman–Crippen LogP) is 10.3. The summed E-state index contributed by atoms with van der Waals surface area (Å²) in [6.45, 7) is 4.35. The van der Waals surface area contributed by atoms with E-state index < -0.39 is 18.1 Å². The van der Waals surface area contributed by atoms with Crippen LogP contribution >= 0.6 is 0 Å². The van der Waals surface area contributed by atoms with Gasteiger partial charge in [0.2, 0.25) is 0 Å². The van der Waals surface area contributed by atoms with Gasteiger partial charge < -0.3 is 23.8 Å². The maximum absolute atomic E-state index is 12.7. The SMILES string of the molecule is CC/C=C/C=C/C=C/C=C/C=C/CCCC(=O)OCC(COCCC(C(=O)O)[N+](C)(C)C)OC(=O)CCCCCCCC/C=C/C/C=C/C/C=C/CC. The van der Waals surface area contributed by atoms with Crippen LogP contribution < -0.4 is 0 Å². The van der Waals surface area contributed by atoms with Crippen molar-refractivity contribution in [2.45, 2.75) is 129 Å². The molecule has 0 aliphatic carbocycles. The molecule has 0 aliphatic heterocycles. The maximum Gasteiger partial charge on any atom is 0.362 e. The number of quaternary nitrogens is 1. The topological polar surface area (TPSA) is 99.1 Å². The standard InChI is InChI=1S/C45H71NO7/c1-6-8-10-12-14-16-18-20-21-22-24-26-28-30-32-34-36-44(48)53-41(39-51-38-37-42(45(49)50)46(3,4)5)40-52-43(47)35-33-31-29-27-25-23-19-17-15-13-11-9-7-2/h8-11,13-17,19-21,23,25,27,29,41-42H,6-7,12,18,22,24,26,28,30-40H2,1-5H3/p+1/b10-8+,11-9+,15-13+,16-14+,19-17+,21-20+,25-23+,29-27+. The molecule has 0 aliphatic rings. The molecule has 1 N–H and O–H groups in total. The maximum atomic E-state index is 12.7. The van der Waals surface area contributed by atoms with E-state index in [-0.39, 0.29) is 42.7 Å². The number of carboxylic acids is 1. The fourth-order valence-electron chi connectivity index (χ4n) is 5.07. The Bertz CT molecular complexity index is 1180. The smallest absolute Gasteiger partial charge is 0.362 e. The molecule has 8 nitrogen and oxygen atoms in total. The van der Waals surface area contributed by atoms with E-state index in [2.05, 4.69) is 56.4 Å². The van der Waals surface area contributed by atoms with Crippen molar-refractivity contribution in [1.29, 1.82) is 0 Å². The van der Waals surface area contributed by atoms with Gasteiger partial charge in [0.15, 0.2) is 12.1 Å². The van der Waals surface area contributed by atoms with Gasteiger partial charge in [-0.05, 0) is 57.8 Å². The molecular formula is C45H72NO7+. The third-order valence-corrected chi connectivity index (χ3v) is 8.11. The number of hydrogen-bond acceptors (Lipinski definition) is 6. The van der Waals surface area contributed by atoms with Gasteiger partial charge in [0.1, 0.15) is 6.61 Å². The molecule has 8 heteroatoms. The van der Waals surface area contributed by atoms with Crippen molar-refractivity contribution in [2.24, 2.45) is 0 Å².